The van der Waals surface area contributed by atoms with E-state index in [2.05, 4.69) is 15.3 Å². The Morgan fingerprint density at radius 3 is 2.76 bits per heavy atom. The highest BCUT2D eigenvalue weighted by Crippen LogP contribution is 1.92. The Labute approximate surface area is 103 Å². The second-order valence-electron chi connectivity index (χ2n) is 3.78. The number of aryl methyl sites for hydroxylation is 1. The number of ether oxygens (including phenoxy) is 2. The molecule has 17 heavy (non-hydrogen) atoms. The first-order chi connectivity index (χ1) is 8.33. The number of methoxy groups -OCH3 is 1. The maximum absolute atomic E-state index is 5.41. The molecule has 1 aromatic rings. The molecule has 1 aromatic heterocycles. The van der Waals surface area contributed by atoms with Crippen LogP contribution in [0.4, 0.5) is 0 Å². The van der Waals surface area contributed by atoms with E-state index in [-0.39, 0.29) is 0 Å². The fourth-order valence-corrected chi connectivity index (χ4v) is 1.28. The van der Waals surface area contributed by atoms with E-state index < -0.39 is 0 Å². The lowest BCUT2D eigenvalue weighted by atomic mass is 10.4. The Hall–Kier alpha value is -1.04. The molecule has 0 aromatic carbocycles. The number of nitrogens with one attached hydrogen (secondary N) is 1. The van der Waals surface area contributed by atoms with Crippen molar-refractivity contribution in [3.8, 4) is 0 Å². The largest absolute Gasteiger partial charge is 0.385 e. The summed E-state index contributed by atoms with van der Waals surface area (Å²) in [5.41, 5.74) is 1.89. The Morgan fingerprint density at radius 2 is 2.06 bits per heavy atom. The van der Waals surface area contributed by atoms with Crippen LogP contribution in [0.5, 0.6) is 0 Å². The van der Waals surface area contributed by atoms with Crippen molar-refractivity contribution in [1.82, 2.24) is 15.3 Å². The summed E-state index contributed by atoms with van der Waals surface area (Å²) in [6, 6.07) is 0. The minimum Gasteiger partial charge on any atom is -0.385 e. The Balaban J connectivity index is 1.95. The predicted molar refractivity (Wildman–Crippen MR) is 65.8 cm³/mol. The zero-order chi connectivity index (χ0) is 12.3. The van der Waals surface area contributed by atoms with Crippen LogP contribution in [0.25, 0.3) is 0 Å². The molecular weight excluding hydrogens is 218 g/mol. The van der Waals surface area contributed by atoms with Crippen molar-refractivity contribution in [3.05, 3.63) is 23.8 Å². The van der Waals surface area contributed by atoms with Crippen LogP contribution >= 0.6 is 0 Å². The van der Waals surface area contributed by atoms with Gasteiger partial charge in [0.2, 0.25) is 0 Å². The van der Waals surface area contributed by atoms with Gasteiger partial charge in [-0.3, -0.25) is 9.97 Å². The van der Waals surface area contributed by atoms with Crippen molar-refractivity contribution < 1.29 is 9.47 Å². The molecule has 0 saturated carbocycles. The quantitative estimate of drug-likeness (QED) is 0.650. The fraction of sp³-hybridized carbons (Fsp3) is 0.667. The van der Waals surface area contributed by atoms with E-state index in [0.29, 0.717) is 6.61 Å². The van der Waals surface area contributed by atoms with E-state index in [4.69, 9.17) is 9.47 Å². The lowest BCUT2D eigenvalue weighted by Gasteiger charge is -2.05. The molecule has 0 bridgehead atoms. The van der Waals surface area contributed by atoms with Gasteiger partial charge in [-0.25, -0.2) is 0 Å². The molecule has 0 aliphatic rings. The van der Waals surface area contributed by atoms with E-state index in [9.17, 15) is 0 Å². The number of aromatic nitrogens is 2. The fourth-order valence-electron chi connectivity index (χ4n) is 1.28. The third-order valence-electron chi connectivity index (χ3n) is 2.20. The van der Waals surface area contributed by atoms with Crippen LogP contribution < -0.4 is 5.32 Å². The lowest BCUT2D eigenvalue weighted by Crippen LogP contribution is -2.20. The highest BCUT2D eigenvalue weighted by molar-refractivity contribution is 4.99. The molecule has 0 fully saturated rings. The summed E-state index contributed by atoms with van der Waals surface area (Å²) in [4.78, 5) is 8.43. The maximum atomic E-state index is 5.41. The first kappa shape index (κ1) is 14.0. The van der Waals surface area contributed by atoms with E-state index in [0.717, 1.165) is 44.1 Å². The minimum atomic E-state index is 0.711. The summed E-state index contributed by atoms with van der Waals surface area (Å²) >= 11 is 0. The highest BCUT2D eigenvalue weighted by Gasteiger charge is 1.94. The van der Waals surface area contributed by atoms with Crippen molar-refractivity contribution in [2.24, 2.45) is 0 Å². The van der Waals surface area contributed by atoms with Gasteiger partial charge in [0.1, 0.15) is 0 Å². The normalized spacial score (nSPS) is 10.7. The molecule has 1 N–H and O–H groups in total. The third-order valence-corrected chi connectivity index (χ3v) is 2.20. The number of hydrogen-bond acceptors (Lipinski definition) is 5. The summed E-state index contributed by atoms with van der Waals surface area (Å²) in [6.07, 6.45) is 4.51. The monoisotopic (exact) mass is 239 g/mol. The highest BCUT2D eigenvalue weighted by atomic mass is 16.5. The summed E-state index contributed by atoms with van der Waals surface area (Å²) in [5.74, 6) is 0. The average Bonchev–Trinajstić information content (AvgIpc) is 2.35. The van der Waals surface area contributed by atoms with Gasteiger partial charge in [-0.1, -0.05) is 0 Å². The third kappa shape index (κ3) is 6.99. The summed E-state index contributed by atoms with van der Waals surface area (Å²) in [7, 11) is 1.70. The maximum Gasteiger partial charge on any atom is 0.0724 e. The molecule has 0 unspecified atom stereocenters. The molecule has 0 saturated heterocycles. The van der Waals surface area contributed by atoms with Crippen molar-refractivity contribution >= 4 is 0 Å². The second-order valence-corrected chi connectivity index (χ2v) is 3.78. The van der Waals surface area contributed by atoms with Crippen LogP contribution in [0.1, 0.15) is 17.8 Å². The van der Waals surface area contributed by atoms with Gasteiger partial charge in [0.15, 0.2) is 0 Å². The first-order valence-electron chi connectivity index (χ1n) is 5.88. The lowest BCUT2D eigenvalue weighted by molar-refractivity contribution is 0.104. The van der Waals surface area contributed by atoms with Gasteiger partial charge < -0.3 is 14.8 Å². The van der Waals surface area contributed by atoms with Gasteiger partial charge in [-0.15, -0.1) is 0 Å². The Bertz CT molecular complexity index is 290. The Morgan fingerprint density at radius 1 is 1.18 bits per heavy atom. The van der Waals surface area contributed by atoms with Gasteiger partial charge in [-0.05, 0) is 13.3 Å². The van der Waals surface area contributed by atoms with E-state index in [1.54, 1.807) is 19.5 Å². The zero-order valence-electron chi connectivity index (χ0n) is 10.6. The van der Waals surface area contributed by atoms with Gasteiger partial charge in [0, 0.05) is 45.8 Å². The molecule has 0 atom stereocenters. The predicted octanol–water partition coefficient (Wildman–Crippen LogP) is 0.928. The van der Waals surface area contributed by atoms with Gasteiger partial charge >= 0.3 is 0 Å². The molecule has 1 rings (SSSR count). The summed E-state index contributed by atoms with van der Waals surface area (Å²) in [6.45, 7) is 5.70. The van der Waals surface area contributed by atoms with Gasteiger partial charge in [0.25, 0.3) is 0 Å². The smallest absolute Gasteiger partial charge is 0.0724 e. The van der Waals surface area contributed by atoms with Crippen LogP contribution in [0, 0.1) is 6.92 Å². The topological polar surface area (TPSA) is 56.3 Å². The van der Waals surface area contributed by atoms with Crippen LogP contribution in [0.15, 0.2) is 12.4 Å². The van der Waals surface area contributed by atoms with Crippen molar-refractivity contribution in [2.45, 2.75) is 19.9 Å². The number of rotatable bonds is 9. The molecule has 5 nitrogen and oxygen atoms in total. The number of hydrogen-bond donors (Lipinski definition) is 1. The number of nitrogens with zero attached hydrogens (tertiary/aromatic N) is 2. The first-order valence-corrected chi connectivity index (χ1v) is 5.88. The molecule has 0 aliphatic heterocycles. The molecule has 96 valence electrons. The van der Waals surface area contributed by atoms with Crippen LogP contribution in [0.2, 0.25) is 0 Å². The standard InChI is InChI=1S/C12H21N3O2/c1-11-8-15-12(10-14-11)9-13-4-7-17-6-3-5-16-2/h8,10,13H,3-7,9H2,1-2H3. The van der Waals surface area contributed by atoms with Gasteiger partial charge in [0.05, 0.1) is 18.0 Å². The van der Waals surface area contributed by atoms with E-state index >= 15 is 0 Å². The SMILES string of the molecule is COCCCOCCNCc1cnc(C)cn1. The van der Waals surface area contributed by atoms with Crippen molar-refractivity contribution in [2.75, 3.05) is 33.5 Å². The molecule has 0 spiro atoms. The van der Waals surface area contributed by atoms with Crippen LogP contribution in [-0.4, -0.2) is 43.4 Å². The summed E-state index contributed by atoms with van der Waals surface area (Å²) < 4.78 is 10.3. The summed E-state index contributed by atoms with van der Waals surface area (Å²) in [5, 5.41) is 3.25. The van der Waals surface area contributed by atoms with E-state index in [1.165, 1.54) is 0 Å². The van der Waals surface area contributed by atoms with Crippen LogP contribution in [0.3, 0.4) is 0 Å². The Kier molecular flexibility index (Phi) is 7.46. The minimum absolute atomic E-state index is 0.711. The molecule has 0 aliphatic carbocycles. The van der Waals surface area contributed by atoms with Crippen LogP contribution in [-0.2, 0) is 16.0 Å². The molecule has 0 amide bonds. The van der Waals surface area contributed by atoms with E-state index in [1.807, 2.05) is 6.92 Å². The molecular formula is C12H21N3O2. The molecule has 1 heterocycles. The van der Waals surface area contributed by atoms with Crippen molar-refractivity contribution in [1.29, 1.82) is 0 Å². The molecule has 0 radical (unpaired) electrons. The van der Waals surface area contributed by atoms with Crippen molar-refractivity contribution in [3.63, 3.8) is 0 Å². The average molecular weight is 239 g/mol. The zero-order valence-corrected chi connectivity index (χ0v) is 10.6. The molecule has 5 heteroatoms. The van der Waals surface area contributed by atoms with Gasteiger partial charge in [-0.2, -0.15) is 0 Å². The second kappa shape index (κ2) is 9.04.